The number of halogens is 1. The van der Waals surface area contributed by atoms with Gasteiger partial charge in [0, 0.05) is 11.5 Å². The van der Waals surface area contributed by atoms with Gasteiger partial charge in [0.05, 0.1) is 11.6 Å². The first-order valence-corrected chi connectivity index (χ1v) is 3.93. The molecule has 0 aliphatic carbocycles. The molecule has 0 bridgehead atoms. The third-order valence-corrected chi connectivity index (χ3v) is 1.85. The topological polar surface area (TPSA) is 63.4 Å². The van der Waals surface area contributed by atoms with Crippen molar-refractivity contribution in [3.05, 3.63) is 40.8 Å². The normalized spacial score (nSPS) is 12.4. The maximum atomic E-state index is 12.3. The zero-order valence-corrected chi connectivity index (χ0v) is 7.31. The smallest absolute Gasteiger partial charge is 0.314 e. The molecule has 0 saturated carbocycles. The molecule has 1 atom stereocenters. The molecule has 1 rings (SSSR count). The number of rotatable bonds is 3. The Morgan fingerprint density at radius 1 is 1.64 bits per heavy atom. The summed E-state index contributed by atoms with van der Waals surface area (Å²) in [6, 6.07) is 3.99. The van der Waals surface area contributed by atoms with Crippen molar-refractivity contribution in [3.8, 4) is 5.75 Å². The van der Waals surface area contributed by atoms with E-state index in [1.54, 1.807) is 0 Å². The first-order chi connectivity index (χ1) is 6.57. The molecule has 1 aromatic carbocycles. The summed E-state index contributed by atoms with van der Waals surface area (Å²) < 4.78 is 12.3. The van der Waals surface area contributed by atoms with Crippen molar-refractivity contribution in [3.63, 3.8) is 0 Å². The SMILES string of the molecule is [CH2]C(CF)c1cccc(O)c1[N+](=O)[O-]. The van der Waals surface area contributed by atoms with Gasteiger partial charge in [-0.1, -0.05) is 12.1 Å². The van der Waals surface area contributed by atoms with Crippen molar-refractivity contribution in [2.45, 2.75) is 5.92 Å². The highest BCUT2D eigenvalue weighted by atomic mass is 19.1. The van der Waals surface area contributed by atoms with Crippen LogP contribution in [0.1, 0.15) is 11.5 Å². The summed E-state index contributed by atoms with van der Waals surface area (Å²) >= 11 is 0. The number of alkyl halides is 1. The fourth-order valence-electron chi connectivity index (χ4n) is 1.16. The van der Waals surface area contributed by atoms with Crippen molar-refractivity contribution in [1.82, 2.24) is 0 Å². The fourth-order valence-corrected chi connectivity index (χ4v) is 1.16. The highest BCUT2D eigenvalue weighted by Crippen LogP contribution is 2.34. The van der Waals surface area contributed by atoms with E-state index < -0.39 is 29.0 Å². The largest absolute Gasteiger partial charge is 0.502 e. The summed E-state index contributed by atoms with van der Waals surface area (Å²) in [6.07, 6.45) is 0. The van der Waals surface area contributed by atoms with E-state index >= 15 is 0 Å². The lowest BCUT2D eigenvalue weighted by atomic mass is 10.0. The lowest BCUT2D eigenvalue weighted by molar-refractivity contribution is -0.386. The molecule has 1 radical (unpaired) electrons. The molecule has 0 aliphatic rings. The van der Waals surface area contributed by atoms with E-state index in [0.717, 1.165) is 0 Å². The Hall–Kier alpha value is -1.65. The maximum absolute atomic E-state index is 12.3. The van der Waals surface area contributed by atoms with Gasteiger partial charge in [-0.05, 0) is 13.0 Å². The van der Waals surface area contributed by atoms with Gasteiger partial charge in [0.2, 0.25) is 0 Å². The molecule has 0 amide bonds. The number of para-hydroxylation sites is 1. The standard InChI is InChI=1S/C9H9FNO3/c1-6(5-10)7-3-2-4-8(12)9(7)11(13)14/h2-4,6,12H,1,5H2. The molecule has 14 heavy (non-hydrogen) atoms. The Morgan fingerprint density at radius 3 is 2.79 bits per heavy atom. The molecule has 1 aromatic rings. The average molecular weight is 198 g/mol. The van der Waals surface area contributed by atoms with Gasteiger partial charge in [0.15, 0.2) is 5.75 Å². The molecule has 1 unspecified atom stereocenters. The van der Waals surface area contributed by atoms with Gasteiger partial charge < -0.3 is 5.11 Å². The first kappa shape index (κ1) is 10.4. The summed E-state index contributed by atoms with van der Waals surface area (Å²) in [5.74, 6) is -1.29. The summed E-state index contributed by atoms with van der Waals surface area (Å²) in [5.41, 5.74) is -0.359. The lowest BCUT2D eigenvalue weighted by Crippen LogP contribution is -2.01. The van der Waals surface area contributed by atoms with Crippen LogP contribution in [0.4, 0.5) is 10.1 Å². The number of nitro benzene ring substituents is 1. The monoisotopic (exact) mass is 198 g/mol. The summed E-state index contributed by atoms with van der Waals surface area (Å²) in [7, 11) is 0. The minimum absolute atomic E-state index is 0.109. The van der Waals surface area contributed by atoms with Crippen LogP contribution in [0.15, 0.2) is 18.2 Å². The van der Waals surface area contributed by atoms with Crippen molar-refractivity contribution < 1.29 is 14.4 Å². The van der Waals surface area contributed by atoms with Crippen LogP contribution in [-0.2, 0) is 0 Å². The minimum atomic E-state index is -0.831. The molecule has 5 heteroatoms. The Bertz CT molecular complexity index is 354. The highest BCUT2D eigenvalue weighted by Gasteiger charge is 2.22. The Balaban J connectivity index is 3.28. The summed E-state index contributed by atoms with van der Waals surface area (Å²) in [5, 5.41) is 19.8. The third kappa shape index (κ3) is 1.81. The van der Waals surface area contributed by atoms with Crippen LogP contribution in [0, 0.1) is 17.0 Å². The zero-order valence-electron chi connectivity index (χ0n) is 7.31. The van der Waals surface area contributed by atoms with Crippen LogP contribution < -0.4 is 0 Å². The number of hydrogen-bond donors (Lipinski definition) is 1. The second kappa shape index (κ2) is 4.04. The number of nitrogens with zero attached hydrogens (tertiary/aromatic N) is 1. The summed E-state index contributed by atoms with van der Waals surface area (Å²) in [4.78, 5) is 9.82. The fraction of sp³-hybridized carbons (Fsp3) is 0.222. The quantitative estimate of drug-likeness (QED) is 0.598. The van der Waals surface area contributed by atoms with Gasteiger partial charge in [-0.15, -0.1) is 0 Å². The van der Waals surface area contributed by atoms with E-state index in [9.17, 15) is 19.6 Å². The molecule has 75 valence electrons. The molecular weight excluding hydrogens is 189 g/mol. The van der Waals surface area contributed by atoms with Crippen molar-refractivity contribution >= 4 is 5.69 Å². The van der Waals surface area contributed by atoms with Crippen LogP contribution in [0.3, 0.4) is 0 Å². The van der Waals surface area contributed by atoms with Crippen LogP contribution >= 0.6 is 0 Å². The number of benzene rings is 1. The lowest BCUT2D eigenvalue weighted by Gasteiger charge is -2.07. The van der Waals surface area contributed by atoms with Gasteiger partial charge in [0.25, 0.3) is 0 Å². The predicted octanol–water partition coefficient (Wildman–Crippen LogP) is 2.19. The number of nitro groups is 1. The molecule has 0 fully saturated rings. The molecule has 0 heterocycles. The number of hydrogen-bond acceptors (Lipinski definition) is 3. The number of phenolic OH excluding ortho intramolecular Hbond substituents is 1. The van der Waals surface area contributed by atoms with E-state index in [0.29, 0.717) is 0 Å². The van der Waals surface area contributed by atoms with Gasteiger partial charge in [-0.3, -0.25) is 14.5 Å². The van der Waals surface area contributed by atoms with Crippen LogP contribution in [0.25, 0.3) is 0 Å². The molecule has 0 saturated heterocycles. The molecule has 4 nitrogen and oxygen atoms in total. The molecule has 0 aliphatic heterocycles. The zero-order chi connectivity index (χ0) is 10.7. The van der Waals surface area contributed by atoms with Crippen molar-refractivity contribution in [2.24, 2.45) is 0 Å². The van der Waals surface area contributed by atoms with E-state index in [-0.39, 0.29) is 5.56 Å². The maximum Gasteiger partial charge on any atom is 0.314 e. The van der Waals surface area contributed by atoms with E-state index in [1.165, 1.54) is 18.2 Å². The molecule has 1 N–H and O–H groups in total. The van der Waals surface area contributed by atoms with Crippen molar-refractivity contribution in [1.29, 1.82) is 0 Å². The Morgan fingerprint density at radius 2 is 2.29 bits per heavy atom. The second-order valence-electron chi connectivity index (χ2n) is 2.82. The third-order valence-electron chi connectivity index (χ3n) is 1.85. The van der Waals surface area contributed by atoms with E-state index in [2.05, 4.69) is 6.92 Å². The minimum Gasteiger partial charge on any atom is -0.502 e. The number of phenols is 1. The summed E-state index contributed by atoms with van der Waals surface area (Å²) in [6.45, 7) is 2.62. The van der Waals surface area contributed by atoms with Crippen molar-refractivity contribution in [2.75, 3.05) is 6.67 Å². The molecular formula is C9H9FNO3. The average Bonchev–Trinajstić information content (AvgIpc) is 2.15. The van der Waals surface area contributed by atoms with Crippen LogP contribution in [0.2, 0.25) is 0 Å². The van der Waals surface area contributed by atoms with Gasteiger partial charge >= 0.3 is 5.69 Å². The highest BCUT2D eigenvalue weighted by molar-refractivity contribution is 5.53. The van der Waals surface area contributed by atoms with Gasteiger partial charge in [-0.2, -0.15) is 0 Å². The van der Waals surface area contributed by atoms with E-state index in [1.807, 2.05) is 0 Å². The number of aromatic hydroxyl groups is 1. The molecule has 0 aromatic heterocycles. The predicted molar refractivity (Wildman–Crippen MR) is 48.8 cm³/mol. The van der Waals surface area contributed by atoms with Gasteiger partial charge in [-0.25, -0.2) is 0 Å². The Kier molecular flexibility index (Phi) is 3.01. The van der Waals surface area contributed by atoms with Crippen LogP contribution in [0.5, 0.6) is 5.75 Å². The Labute approximate surface area is 80.1 Å². The molecule has 0 spiro atoms. The second-order valence-corrected chi connectivity index (χ2v) is 2.82. The first-order valence-electron chi connectivity index (χ1n) is 3.93. The van der Waals surface area contributed by atoms with Crippen LogP contribution in [-0.4, -0.2) is 16.7 Å². The van der Waals surface area contributed by atoms with E-state index in [4.69, 9.17) is 0 Å². The van der Waals surface area contributed by atoms with Gasteiger partial charge in [0.1, 0.15) is 0 Å².